The zero-order chi connectivity index (χ0) is 9.54. The average molecular weight is 193 g/mol. The minimum absolute atomic E-state index is 0.864. The first-order valence-corrected chi connectivity index (χ1v) is 6.59. The summed E-state index contributed by atoms with van der Waals surface area (Å²) in [5.41, 5.74) is 0. The molecule has 0 aromatic heterocycles. The highest BCUT2D eigenvalue weighted by atomic mass is 15.0. The smallest absolute Gasteiger partial charge is 0.0101 e. The van der Waals surface area contributed by atoms with Gasteiger partial charge in [0.2, 0.25) is 0 Å². The zero-order valence-corrected chi connectivity index (χ0v) is 9.34. The average Bonchev–Trinajstić information content (AvgIpc) is 2.84. The largest absolute Gasteiger partial charge is 0.311 e. The van der Waals surface area contributed by atoms with Gasteiger partial charge in [-0.2, -0.15) is 0 Å². The summed E-state index contributed by atoms with van der Waals surface area (Å²) >= 11 is 0. The topological polar surface area (TPSA) is 12.0 Å². The van der Waals surface area contributed by atoms with Crippen LogP contribution in [0.1, 0.15) is 51.9 Å². The SMILES string of the molecule is CC1CCCC(NC2CCC3CC32)C1. The monoisotopic (exact) mass is 193 g/mol. The van der Waals surface area contributed by atoms with Crippen LogP contribution in [0.3, 0.4) is 0 Å². The lowest BCUT2D eigenvalue weighted by Gasteiger charge is -2.30. The molecule has 3 saturated carbocycles. The summed E-state index contributed by atoms with van der Waals surface area (Å²) in [5.74, 6) is 3.19. The van der Waals surface area contributed by atoms with Gasteiger partial charge in [0.25, 0.3) is 0 Å². The Morgan fingerprint density at radius 2 is 1.93 bits per heavy atom. The van der Waals surface area contributed by atoms with E-state index in [0.717, 1.165) is 29.8 Å². The number of rotatable bonds is 2. The lowest BCUT2D eigenvalue weighted by Crippen LogP contribution is -2.41. The van der Waals surface area contributed by atoms with Crippen molar-refractivity contribution >= 4 is 0 Å². The standard InChI is InChI=1S/C13H23N/c1-9-3-2-4-11(7-9)14-13-6-5-10-8-12(10)13/h9-14H,2-8H2,1H3. The fourth-order valence-electron chi connectivity index (χ4n) is 3.80. The molecule has 1 N–H and O–H groups in total. The maximum absolute atomic E-state index is 3.94. The van der Waals surface area contributed by atoms with Crippen molar-refractivity contribution in [1.29, 1.82) is 0 Å². The van der Waals surface area contributed by atoms with Crippen LogP contribution in [0.5, 0.6) is 0 Å². The Morgan fingerprint density at radius 1 is 1.00 bits per heavy atom. The molecule has 1 heteroatoms. The molecule has 14 heavy (non-hydrogen) atoms. The molecule has 0 bridgehead atoms. The highest BCUT2D eigenvalue weighted by Crippen LogP contribution is 2.52. The molecule has 5 atom stereocenters. The summed E-state index contributed by atoms with van der Waals surface area (Å²) in [6.07, 6.45) is 10.3. The zero-order valence-electron chi connectivity index (χ0n) is 9.34. The van der Waals surface area contributed by atoms with Crippen molar-refractivity contribution in [2.45, 2.75) is 64.0 Å². The van der Waals surface area contributed by atoms with Crippen molar-refractivity contribution in [3.63, 3.8) is 0 Å². The van der Waals surface area contributed by atoms with Crippen LogP contribution < -0.4 is 5.32 Å². The number of hydrogen-bond donors (Lipinski definition) is 1. The fourth-order valence-corrected chi connectivity index (χ4v) is 3.80. The Labute approximate surface area is 87.7 Å². The predicted molar refractivity (Wildman–Crippen MR) is 59.2 cm³/mol. The van der Waals surface area contributed by atoms with Crippen LogP contribution in [0.15, 0.2) is 0 Å². The van der Waals surface area contributed by atoms with Crippen LogP contribution in [0.2, 0.25) is 0 Å². The molecule has 3 aliphatic carbocycles. The molecule has 0 saturated heterocycles. The molecule has 0 aromatic rings. The molecule has 3 aliphatic rings. The van der Waals surface area contributed by atoms with Gasteiger partial charge in [0.05, 0.1) is 0 Å². The van der Waals surface area contributed by atoms with E-state index >= 15 is 0 Å². The molecule has 0 amide bonds. The van der Waals surface area contributed by atoms with E-state index in [1.54, 1.807) is 6.42 Å². The Morgan fingerprint density at radius 3 is 2.57 bits per heavy atom. The van der Waals surface area contributed by atoms with Crippen molar-refractivity contribution in [1.82, 2.24) is 5.32 Å². The van der Waals surface area contributed by atoms with E-state index in [0.29, 0.717) is 0 Å². The van der Waals surface area contributed by atoms with Gasteiger partial charge in [-0.15, -0.1) is 0 Å². The van der Waals surface area contributed by atoms with Crippen molar-refractivity contribution in [3.8, 4) is 0 Å². The molecule has 0 spiro atoms. The van der Waals surface area contributed by atoms with Crippen LogP contribution >= 0.6 is 0 Å². The molecule has 3 rings (SSSR count). The Kier molecular flexibility index (Phi) is 2.31. The van der Waals surface area contributed by atoms with Gasteiger partial charge in [-0.25, -0.2) is 0 Å². The number of nitrogens with one attached hydrogen (secondary N) is 1. The lowest BCUT2D eigenvalue weighted by molar-refractivity contribution is 0.272. The number of hydrogen-bond acceptors (Lipinski definition) is 1. The second-order valence-corrected chi connectivity index (χ2v) is 5.98. The maximum Gasteiger partial charge on any atom is 0.0101 e. The summed E-state index contributed by atoms with van der Waals surface area (Å²) in [5, 5.41) is 3.94. The quantitative estimate of drug-likeness (QED) is 0.711. The summed E-state index contributed by atoms with van der Waals surface area (Å²) in [6.45, 7) is 2.42. The second-order valence-electron chi connectivity index (χ2n) is 5.98. The highest BCUT2D eigenvalue weighted by Gasteiger charge is 2.48. The molecule has 0 aromatic carbocycles. The van der Waals surface area contributed by atoms with Crippen LogP contribution in [0.25, 0.3) is 0 Å². The van der Waals surface area contributed by atoms with Crippen molar-refractivity contribution in [2.75, 3.05) is 0 Å². The minimum Gasteiger partial charge on any atom is -0.311 e. The number of fused-ring (bicyclic) bond motifs is 1. The van der Waals surface area contributed by atoms with Gasteiger partial charge in [0.15, 0.2) is 0 Å². The van der Waals surface area contributed by atoms with Crippen LogP contribution in [0, 0.1) is 17.8 Å². The third-order valence-corrected chi connectivity index (χ3v) is 4.73. The first kappa shape index (κ1) is 9.21. The van der Waals surface area contributed by atoms with E-state index in [-0.39, 0.29) is 0 Å². The third kappa shape index (κ3) is 1.71. The van der Waals surface area contributed by atoms with E-state index in [1.807, 2.05) is 0 Å². The summed E-state index contributed by atoms with van der Waals surface area (Å²) in [7, 11) is 0. The van der Waals surface area contributed by atoms with Crippen LogP contribution in [-0.4, -0.2) is 12.1 Å². The molecule has 80 valence electrons. The normalized spacial score (nSPS) is 51.6. The van der Waals surface area contributed by atoms with E-state index in [9.17, 15) is 0 Å². The second kappa shape index (κ2) is 3.52. The van der Waals surface area contributed by atoms with Gasteiger partial charge in [0.1, 0.15) is 0 Å². The van der Waals surface area contributed by atoms with Gasteiger partial charge in [0, 0.05) is 12.1 Å². The van der Waals surface area contributed by atoms with E-state index in [4.69, 9.17) is 0 Å². The summed E-state index contributed by atoms with van der Waals surface area (Å²) < 4.78 is 0. The molecule has 0 heterocycles. The first-order chi connectivity index (χ1) is 6.83. The minimum atomic E-state index is 0.864. The van der Waals surface area contributed by atoms with E-state index in [1.165, 1.54) is 38.5 Å². The van der Waals surface area contributed by atoms with Gasteiger partial charge in [-0.05, 0) is 49.9 Å². The first-order valence-electron chi connectivity index (χ1n) is 6.59. The van der Waals surface area contributed by atoms with E-state index < -0.39 is 0 Å². The van der Waals surface area contributed by atoms with Crippen molar-refractivity contribution in [2.24, 2.45) is 17.8 Å². The van der Waals surface area contributed by atoms with Crippen molar-refractivity contribution in [3.05, 3.63) is 0 Å². The van der Waals surface area contributed by atoms with Crippen molar-refractivity contribution < 1.29 is 0 Å². The van der Waals surface area contributed by atoms with Gasteiger partial charge in [-0.3, -0.25) is 0 Å². The Bertz CT molecular complexity index is 213. The fraction of sp³-hybridized carbons (Fsp3) is 1.00. The predicted octanol–water partition coefficient (Wildman–Crippen LogP) is 2.95. The lowest BCUT2D eigenvalue weighted by atomic mass is 9.86. The Hall–Kier alpha value is -0.0400. The molecule has 0 radical (unpaired) electrons. The van der Waals surface area contributed by atoms with Crippen LogP contribution in [0.4, 0.5) is 0 Å². The van der Waals surface area contributed by atoms with Crippen LogP contribution in [-0.2, 0) is 0 Å². The third-order valence-electron chi connectivity index (χ3n) is 4.73. The van der Waals surface area contributed by atoms with E-state index in [2.05, 4.69) is 12.2 Å². The molecule has 5 unspecified atom stereocenters. The molecule has 0 aliphatic heterocycles. The highest BCUT2D eigenvalue weighted by molar-refractivity contribution is 5.02. The van der Waals surface area contributed by atoms with Gasteiger partial charge < -0.3 is 5.32 Å². The summed E-state index contributed by atoms with van der Waals surface area (Å²) in [6, 6.07) is 1.78. The molecule has 3 fully saturated rings. The van der Waals surface area contributed by atoms with Gasteiger partial charge >= 0.3 is 0 Å². The molecule has 1 nitrogen and oxygen atoms in total. The van der Waals surface area contributed by atoms with Gasteiger partial charge in [-0.1, -0.05) is 19.8 Å². The summed E-state index contributed by atoms with van der Waals surface area (Å²) in [4.78, 5) is 0. The molecular formula is C13H23N. The Balaban J connectivity index is 1.51. The molecular weight excluding hydrogens is 170 g/mol. The maximum atomic E-state index is 3.94.